The van der Waals surface area contributed by atoms with Crippen molar-refractivity contribution >= 4 is 103 Å². The van der Waals surface area contributed by atoms with Crippen LogP contribution in [0.1, 0.15) is 177 Å². The van der Waals surface area contributed by atoms with Gasteiger partial charge >= 0.3 is 0 Å². The maximum atomic E-state index is 5.83. The zero-order chi connectivity index (χ0) is 62.2. The van der Waals surface area contributed by atoms with Gasteiger partial charge in [0.2, 0.25) is 5.96 Å². The molecular formula is C67H89N21. The molecule has 462 valence electrons. The SMILES string of the molecule is CC(C)N=C(Nc1ccc2c(c1)C1=NC2=Nc2c3cc(NC(=NC(C)C)NC(C)C)ccc3c3n2C2CCCC(CC2)n2c(c4ccc(NC(=NC(C)C)NC(C)C)cc4c2=NC2=NC(=N3)c3cc(NC(=NNC(C)C)NC(C)C)ccc32)=N1)NC(C)C. The van der Waals surface area contributed by atoms with Gasteiger partial charge in [-0.05, 0) is 216 Å². The van der Waals surface area contributed by atoms with E-state index in [9.17, 15) is 0 Å². The minimum Gasteiger partial charge on any atom is -0.354 e. The molecule has 4 aliphatic heterocycles. The summed E-state index contributed by atoms with van der Waals surface area (Å²) < 4.78 is 4.81. The van der Waals surface area contributed by atoms with Crippen molar-refractivity contribution in [2.75, 3.05) is 21.3 Å². The number of hydrazone groups is 1. The first-order valence-electron chi connectivity index (χ1n) is 31.8. The Hall–Kier alpha value is -8.88. The fourth-order valence-corrected chi connectivity index (χ4v) is 11.9. The highest BCUT2D eigenvalue weighted by Gasteiger charge is 2.34. The number of hydrogen-bond acceptors (Lipinski definition) is 11. The zero-order valence-corrected chi connectivity index (χ0v) is 54.1. The average Bonchev–Trinajstić information content (AvgIpc) is 1.63. The Morgan fingerprint density at radius 1 is 0.375 bits per heavy atom. The summed E-state index contributed by atoms with van der Waals surface area (Å²) in [4.78, 5) is 49.3. The number of guanidine groups is 4. The molecule has 2 unspecified atom stereocenters. The standard InChI is InChI=1S/C67H89N21/c1-34(2)68-64(69-35(3)4)75-42-20-26-48-52(30-42)58-79-56(48)81-62-55-33-45(77-66(72-38(9)10)73-39(11)12)23-29-51(55)61-84-59-53-31-43(78-67(74-40(13)14)86-85-41(15)16)21-27-49(53)57(80-59)82-63-54-32-44(76-65(70-36(5)6)71-37(7)8)22-28-50(54)60(83-58)87(63)46-18-17-19-47(25-24-46)88(61)62/h20-23,26-41,46-47,85H,17-19,24-25H2,1-16H3,(H2,68,69,75)(H2,70,71,76)(H2,72,73,77)(H2,74,78,86). The van der Waals surface area contributed by atoms with Gasteiger partial charge in [-0.25, -0.2) is 30.0 Å². The van der Waals surface area contributed by atoms with Gasteiger partial charge in [-0.1, -0.05) is 0 Å². The second kappa shape index (κ2) is 25.4. The molecule has 9 N–H and O–H groups in total. The smallest absolute Gasteiger partial charge is 0.218 e. The van der Waals surface area contributed by atoms with Crippen molar-refractivity contribution in [3.05, 3.63) is 106 Å². The van der Waals surface area contributed by atoms with Crippen LogP contribution in [0.2, 0.25) is 0 Å². The fourth-order valence-electron chi connectivity index (χ4n) is 11.9. The molecule has 0 spiro atoms. The molecule has 1 saturated carbocycles. The molecule has 11 rings (SSSR count). The number of amidine groups is 4. The zero-order valence-electron chi connectivity index (χ0n) is 54.1. The second-order valence-electron chi connectivity index (χ2n) is 26.0. The number of nitrogens with zero attached hydrogens (tertiary/aromatic N) is 12. The highest BCUT2D eigenvalue weighted by molar-refractivity contribution is 6.26. The third-order valence-corrected chi connectivity index (χ3v) is 15.2. The lowest BCUT2D eigenvalue weighted by atomic mass is 10.1. The van der Waals surface area contributed by atoms with E-state index in [0.29, 0.717) is 47.2 Å². The highest BCUT2D eigenvalue weighted by atomic mass is 15.4. The van der Waals surface area contributed by atoms with Crippen LogP contribution < -0.4 is 58.9 Å². The van der Waals surface area contributed by atoms with E-state index in [1.165, 1.54) is 0 Å². The first-order chi connectivity index (χ1) is 42.1. The van der Waals surface area contributed by atoms with Gasteiger partial charge in [0.05, 0.1) is 0 Å². The number of hydrogen-bond donors (Lipinski definition) is 9. The van der Waals surface area contributed by atoms with Gasteiger partial charge in [-0.3, -0.25) is 15.0 Å². The Morgan fingerprint density at radius 2 is 0.761 bits per heavy atom. The third kappa shape index (κ3) is 13.3. The lowest BCUT2D eigenvalue weighted by Gasteiger charge is -2.21. The van der Waals surface area contributed by atoms with Gasteiger partial charge < -0.3 is 57.1 Å². The largest absolute Gasteiger partial charge is 0.354 e. The number of aromatic nitrogens is 2. The maximum absolute atomic E-state index is 5.83. The molecule has 2 aromatic heterocycles. The van der Waals surface area contributed by atoms with Crippen LogP contribution in [0, 0.1) is 0 Å². The molecule has 6 heterocycles. The molecule has 88 heavy (non-hydrogen) atoms. The number of rotatable bonds is 13. The number of benzene rings is 4. The number of nitrogens with one attached hydrogen (secondary N) is 9. The van der Waals surface area contributed by atoms with Crippen LogP contribution in [-0.2, 0) is 0 Å². The van der Waals surface area contributed by atoms with Crippen LogP contribution in [0.5, 0.6) is 0 Å². The molecule has 5 aliphatic rings. The molecule has 6 aromatic rings. The predicted octanol–water partition coefficient (Wildman–Crippen LogP) is 11.5. The lowest BCUT2D eigenvalue weighted by Crippen LogP contribution is -2.38. The van der Waals surface area contributed by atoms with Crippen LogP contribution in [-0.4, -0.2) is 105 Å². The molecular weight excluding hydrogens is 1100 g/mol. The summed E-state index contributed by atoms with van der Waals surface area (Å²) in [6.07, 6.45) is 4.38. The van der Waals surface area contributed by atoms with E-state index in [0.717, 1.165) is 121 Å². The average molecular weight is 1190 g/mol. The summed E-state index contributed by atoms with van der Waals surface area (Å²) in [5.74, 6) is 6.36. The van der Waals surface area contributed by atoms with Crippen LogP contribution in [0.15, 0.2) is 123 Å². The van der Waals surface area contributed by atoms with E-state index in [-0.39, 0.29) is 60.4 Å². The van der Waals surface area contributed by atoms with Crippen molar-refractivity contribution in [1.29, 1.82) is 0 Å². The summed E-state index contributed by atoms with van der Waals surface area (Å²) in [6, 6.07) is 26.4. The lowest BCUT2D eigenvalue weighted by molar-refractivity contribution is 0.406. The van der Waals surface area contributed by atoms with E-state index >= 15 is 0 Å². The Morgan fingerprint density at radius 3 is 1.25 bits per heavy atom. The molecule has 2 atom stereocenters. The molecule has 0 radical (unpaired) electrons. The van der Waals surface area contributed by atoms with Crippen molar-refractivity contribution in [2.45, 2.75) is 203 Å². The highest BCUT2D eigenvalue weighted by Crippen LogP contribution is 2.47. The van der Waals surface area contributed by atoms with Crippen molar-refractivity contribution in [2.24, 2.45) is 50.0 Å². The van der Waals surface area contributed by atoms with E-state index in [1.807, 2.05) is 0 Å². The van der Waals surface area contributed by atoms with E-state index in [4.69, 9.17) is 50.0 Å². The van der Waals surface area contributed by atoms with Crippen molar-refractivity contribution in [1.82, 2.24) is 35.8 Å². The first kappa shape index (κ1) is 60.8. The summed E-state index contributed by atoms with van der Waals surface area (Å²) in [5, 5.41) is 37.1. The first-order valence-corrected chi connectivity index (χ1v) is 31.8. The van der Waals surface area contributed by atoms with Gasteiger partial charge in [0.1, 0.15) is 22.6 Å². The van der Waals surface area contributed by atoms with Gasteiger partial charge in [0, 0.05) is 127 Å². The van der Waals surface area contributed by atoms with Crippen molar-refractivity contribution in [3.63, 3.8) is 0 Å². The van der Waals surface area contributed by atoms with E-state index in [1.54, 1.807) is 0 Å². The Balaban J connectivity index is 1.25. The molecule has 1 fully saturated rings. The van der Waals surface area contributed by atoms with Crippen molar-refractivity contribution in [3.8, 4) is 0 Å². The molecule has 4 aromatic carbocycles. The summed E-state index contributed by atoms with van der Waals surface area (Å²) >= 11 is 0. The predicted molar refractivity (Wildman–Crippen MR) is 367 cm³/mol. The van der Waals surface area contributed by atoms with Crippen LogP contribution in [0.3, 0.4) is 0 Å². The Labute approximate surface area is 517 Å². The molecule has 0 saturated heterocycles. The molecule has 21 nitrogen and oxygen atoms in total. The van der Waals surface area contributed by atoms with E-state index < -0.39 is 0 Å². The summed E-state index contributed by atoms with van der Waals surface area (Å²) in [6.45, 7) is 33.5. The topological polar surface area (TPSA) is 242 Å². The van der Waals surface area contributed by atoms with Crippen molar-refractivity contribution < 1.29 is 0 Å². The minimum atomic E-state index is -0.0157. The Bertz CT molecular complexity index is 4040. The van der Waals surface area contributed by atoms with Gasteiger partial charge in [0.25, 0.3) is 0 Å². The molecule has 1 aliphatic carbocycles. The summed E-state index contributed by atoms with van der Waals surface area (Å²) in [7, 11) is 0. The number of fused-ring (bicyclic) bond motifs is 14. The Kier molecular flexibility index (Phi) is 17.6. The van der Waals surface area contributed by atoms with Gasteiger partial charge in [-0.15, -0.1) is 5.10 Å². The van der Waals surface area contributed by atoms with Gasteiger partial charge in [0.15, 0.2) is 41.2 Å². The number of anilines is 4. The monoisotopic (exact) mass is 1190 g/mol. The quantitative estimate of drug-likeness (QED) is 0.0303. The van der Waals surface area contributed by atoms with Crippen LogP contribution >= 0.6 is 0 Å². The van der Waals surface area contributed by atoms with E-state index in [2.05, 4.69) is 241 Å². The van der Waals surface area contributed by atoms with Crippen LogP contribution in [0.4, 0.5) is 34.4 Å². The third-order valence-electron chi connectivity index (χ3n) is 15.2. The second-order valence-corrected chi connectivity index (χ2v) is 26.0. The molecule has 8 bridgehead atoms. The number of aliphatic imine (C=N–C) groups is 7. The van der Waals surface area contributed by atoms with Gasteiger partial charge in [-0.2, -0.15) is 0 Å². The minimum absolute atomic E-state index is 0.0147. The van der Waals surface area contributed by atoms with Crippen LogP contribution in [0.25, 0.3) is 21.5 Å². The molecule has 0 amide bonds. The maximum Gasteiger partial charge on any atom is 0.218 e. The normalized spacial score (nSPS) is 17.5. The molecule has 21 heteroatoms. The summed E-state index contributed by atoms with van der Waals surface area (Å²) in [5.41, 5.74) is 11.5. The fraction of sp³-hybridized carbons (Fsp3) is 0.463.